The molecule has 2 aromatic rings. The minimum absolute atomic E-state index is 0.0439. The van der Waals surface area contributed by atoms with Crippen molar-refractivity contribution in [3.8, 4) is 5.75 Å². The Morgan fingerprint density at radius 3 is 3.04 bits per heavy atom. The van der Waals surface area contributed by atoms with Crippen molar-refractivity contribution in [2.24, 2.45) is 0 Å². The van der Waals surface area contributed by atoms with Crippen molar-refractivity contribution in [1.29, 1.82) is 0 Å². The highest BCUT2D eigenvalue weighted by molar-refractivity contribution is 7.99. The normalized spacial score (nSPS) is 16.5. The molecule has 1 atom stereocenters. The third kappa shape index (κ3) is 4.05. The average molecular weight is 331 g/mol. The number of amides is 1. The lowest BCUT2D eigenvalue weighted by molar-refractivity contribution is -0.123. The molecular formula is C18H18FNO2S. The Balaban J connectivity index is 1.62. The van der Waals surface area contributed by atoms with Crippen LogP contribution in [0.25, 0.3) is 0 Å². The summed E-state index contributed by atoms with van der Waals surface area (Å²) in [4.78, 5) is 13.2. The predicted molar refractivity (Wildman–Crippen MR) is 89.3 cm³/mol. The van der Waals surface area contributed by atoms with Crippen LogP contribution in [0.5, 0.6) is 5.75 Å². The van der Waals surface area contributed by atoms with E-state index in [0.29, 0.717) is 5.75 Å². The summed E-state index contributed by atoms with van der Waals surface area (Å²) in [7, 11) is 0. The molecule has 0 fully saturated rings. The molecule has 5 heteroatoms. The maximum absolute atomic E-state index is 13.5. The van der Waals surface area contributed by atoms with Crippen molar-refractivity contribution in [3.63, 3.8) is 0 Å². The van der Waals surface area contributed by atoms with E-state index >= 15 is 0 Å². The van der Waals surface area contributed by atoms with Crippen LogP contribution in [0.2, 0.25) is 0 Å². The molecule has 3 nitrogen and oxygen atoms in total. The molecule has 2 aromatic carbocycles. The van der Waals surface area contributed by atoms with Crippen LogP contribution in [0.4, 0.5) is 4.39 Å². The van der Waals surface area contributed by atoms with Gasteiger partial charge in [-0.3, -0.25) is 4.79 Å². The van der Waals surface area contributed by atoms with Crippen LogP contribution < -0.4 is 10.1 Å². The zero-order valence-corrected chi connectivity index (χ0v) is 13.7. The van der Waals surface area contributed by atoms with Gasteiger partial charge in [0.25, 0.3) is 5.91 Å². The fraction of sp³-hybridized carbons (Fsp3) is 0.278. The predicted octanol–water partition coefficient (Wildman–Crippen LogP) is 3.87. The Hall–Kier alpha value is -2.01. The standard InChI is InChI=1S/C18H18FNO2S/c1-12-3-2-4-14(9-12)22-11-18(21)20-16-7-8-23-17-6-5-13(19)10-15(16)17/h2-6,9-10,16H,7-8,11H2,1H3,(H,20,21). The lowest BCUT2D eigenvalue weighted by atomic mass is 10.0. The van der Waals surface area contributed by atoms with Crippen molar-refractivity contribution in [1.82, 2.24) is 5.32 Å². The Morgan fingerprint density at radius 2 is 2.22 bits per heavy atom. The number of aryl methyl sites for hydroxylation is 1. The topological polar surface area (TPSA) is 38.3 Å². The second-order valence-corrected chi connectivity index (χ2v) is 6.68. The van der Waals surface area contributed by atoms with Crippen LogP contribution >= 0.6 is 11.8 Å². The molecule has 0 saturated heterocycles. The van der Waals surface area contributed by atoms with Crippen molar-refractivity contribution in [3.05, 3.63) is 59.4 Å². The minimum Gasteiger partial charge on any atom is -0.484 e. The van der Waals surface area contributed by atoms with Crippen LogP contribution in [0, 0.1) is 12.7 Å². The summed E-state index contributed by atoms with van der Waals surface area (Å²) in [6.07, 6.45) is 0.789. The van der Waals surface area contributed by atoms with E-state index in [1.165, 1.54) is 12.1 Å². The monoisotopic (exact) mass is 331 g/mol. The van der Waals surface area contributed by atoms with Crippen molar-refractivity contribution >= 4 is 17.7 Å². The fourth-order valence-electron chi connectivity index (χ4n) is 2.61. The zero-order chi connectivity index (χ0) is 16.2. The molecular weight excluding hydrogens is 313 g/mol. The molecule has 0 saturated carbocycles. The Bertz CT molecular complexity index is 720. The first-order valence-corrected chi connectivity index (χ1v) is 8.51. The summed E-state index contributed by atoms with van der Waals surface area (Å²) in [6.45, 7) is 1.93. The smallest absolute Gasteiger partial charge is 0.258 e. The van der Waals surface area contributed by atoms with Gasteiger partial charge < -0.3 is 10.1 Å². The second kappa shape index (κ2) is 7.04. The first-order valence-electron chi connectivity index (χ1n) is 7.53. The van der Waals surface area contributed by atoms with Gasteiger partial charge in [0.05, 0.1) is 6.04 Å². The van der Waals surface area contributed by atoms with Gasteiger partial charge in [0.2, 0.25) is 0 Å². The highest BCUT2D eigenvalue weighted by Crippen LogP contribution is 2.36. The maximum Gasteiger partial charge on any atom is 0.258 e. The molecule has 1 amide bonds. The summed E-state index contributed by atoms with van der Waals surface area (Å²) >= 11 is 1.69. The fourth-order valence-corrected chi connectivity index (χ4v) is 3.71. The number of halogens is 1. The van der Waals surface area contributed by atoms with E-state index in [1.807, 2.05) is 31.2 Å². The van der Waals surface area contributed by atoms with Gasteiger partial charge in [0.15, 0.2) is 6.61 Å². The van der Waals surface area contributed by atoms with E-state index in [9.17, 15) is 9.18 Å². The lowest BCUT2D eigenvalue weighted by Crippen LogP contribution is -2.34. The third-order valence-electron chi connectivity index (χ3n) is 3.71. The molecule has 0 bridgehead atoms. The summed E-state index contributed by atoms with van der Waals surface area (Å²) in [6, 6.07) is 12.1. The first kappa shape index (κ1) is 15.9. The number of carbonyl (C=O) groups is 1. The van der Waals surface area contributed by atoms with Crippen LogP contribution in [-0.2, 0) is 4.79 Å². The van der Waals surface area contributed by atoms with Crippen LogP contribution in [-0.4, -0.2) is 18.3 Å². The van der Waals surface area contributed by atoms with E-state index in [-0.39, 0.29) is 24.4 Å². The van der Waals surface area contributed by atoms with Gasteiger partial charge in [0.1, 0.15) is 11.6 Å². The summed E-state index contributed by atoms with van der Waals surface area (Å²) in [5.74, 6) is 1.11. The number of rotatable bonds is 4. The molecule has 120 valence electrons. The molecule has 0 aliphatic carbocycles. The molecule has 1 unspecified atom stereocenters. The highest BCUT2D eigenvalue weighted by Gasteiger charge is 2.23. The number of thioether (sulfide) groups is 1. The van der Waals surface area contributed by atoms with E-state index in [1.54, 1.807) is 17.8 Å². The highest BCUT2D eigenvalue weighted by atomic mass is 32.2. The Morgan fingerprint density at radius 1 is 1.35 bits per heavy atom. The average Bonchev–Trinajstić information content (AvgIpc) is 2.54. The maximum atomic E-state index is 13.5. The summed E-state index contributed by atoms with van der Waals surface area (Å²) in [5, 5.41) is 2.94. The molecule has 0 radical (unpaired) electrons. The van der Waals surface area contributed by atoms with E-state index < -0.39 is 0 Å². The second-order valence-electron chi connectivity index (χ2n) is 5.54. The van der Waals surface area contributed by atoms with Crippen LogP contribution in [0.15, 0.2) is 47.4 Å². The van der Waals surface area contributed by atoms with Gasteiger partial charge in [-0.15, -0.1) is 11.8 Å². The Kier molecular flexibility index (Phi) is 4.86. The molecule has 23 heavy (non-hydrogen) atoms. The van der Waals surface area contributed by atoms with Crippen molar-refractivity contribution < 1.29 is 13.9 Å². The number of carbonyl (C=O) groups excluding carboxylic acids is 1. The number of ether oxygens (including phenoxy) is 1. The Labute approximate surface area is 139 Å². The molecule has 0 spiro atoms. The van der Waals surface area contributed by atoms with Crippen molar-refractivity contribution in [2.45, 2.75) is 24.3 Å². The first-order chi connectivity index (χ1) is 11.1. The van der Waals surface area contributed by atoms with E-state index in [0.717, 1.165) is 28.2 Å². The van der Waals surface area contributed by atoms with Crippen molar-refractivity contribution in [2.75, 3.05) is 12.4 Å². The summed E-state index contributed by atoms with van der Waals surface area (Å²) in [5.41, 5.74) is 1.93. The van der Waals surface area contributed by atoms with Gasteiger partial charge in [-0.2, -0.15) is 0 Å². The third-order valence-corrected chi connectivity index (χ3v) is 4.83. The largest absolute Gasteiger partial charge is 0.484 e. The number of hydrogen-bond donors (Lipinski definition) is 1. The van der Waals surface area contributed by atoms with Crippen LogP contribution in [0.3, 0.4) is 0 Å². The molecule has 0 aromatic heterocycles. The lowest BCUT2D eigenvalue weighted by Gasteiger charge is -2.26. The molecule has 1 aliphatic heterocycles. The quantitative estimate of drug-likeness (QED) is 0.924. The van der Waals surface area contributed by atoms with Gasteiger partial charge >= 0.3 is 0 Å². The molecule has 1 N–H and O–H groups in total. The zero-order valence-electron chi connectivity index (χ0n) is 12.8. The molecule has 1 heterocycles. The summed E-state index contributed by atoms with van der Waals surface area (Å²) < 4.78 is 19.0. The van der Waals surface area contributed by atoms with Gasteiger partial charge in [-0.25, -0.2) is 4.39 Å². The van der Waals surface area contributed by atoms with E-state index in [2.05, 4.69) is 5.32 Å². The van der Waals surface area contributed by atoms with E-state index in [4.69, 9.17) is 4.74 Å². The van der Waals surface area contributed by atoms with Crippen LogP contribution in [0.1, 0.15) is 23.6 Å². The minimum atomic E-state index is -0.276. The van der Waals surface area contributed by atoms with Gasteiger partial charge in [-0.1, -0.05) is 12.1 Å². The molecule has 3 rings (SSSR count). The SMILES string of the molecule is Cc1cccc(OCC(=O)NC2CCSc3ccc(F)cc32)c1. The number of hydrogen-bond acceptors (Lipinski definition) is 3. The van der Waals surface area contributed by atoms with Gasteiger partial charge in [0, 0.05) is 10.6 Å². The van der Waals surface area contributed by atoms with Gasteiger partial charge in [-0.05, 0) is 54.8 Å². The molecule has 1 aliphatic rings. The number of nitrogens with one attached hydrogen (secondary N) is 1. The number of benzene rings is 2. The number of fused-ring (bicyclic) bond motifs is 1.